The van der Waals surface area contributed by atoms with Crippen molar-refractivity contribution < 1.29 is 14.8 Å². The van der Waals surface area contributed by atoms with E-state index in [-0.39, 0.29) is 5.92 Å². The summed E-state index contributed by atoms with van der Waals surface area (Å²) in [7, 11) is 0. The van der Waals surface area contributed by atoms with Crippen molar-refractivity contribution in [3.63, 3.8) is 0 Å². The molecule has 250 valence electrons. The molecular formula is C35H44N11O2+. The summed E-state index contributed by atoms with van der Waals surface area (Å²) in [5.41, 5.74) is 3.88. The van der Waals surface area contributed by atoms with Crippen molar-refractivity contribution in [2.24, 2.45) is 0 Å². The van der Waals surface area contributed by atoms with E-state index in [4.69, 9.17) is 9.97 Å². The summed E-state index contributed by atoms with van der Waals surface area (Å²) < 4.78 is 1.96. The fourth-order valence-corrected chi connectivity index (χ4v) is 7.83. The third-order valence-corrected chi connectivity index (χ3v) is 10.5. The Morgan fingerprint density at radius 2 is 1.69 bits per heavy atom. The number of aromatic nitrogens is 8. The van der Waals surface area contributed by atoms with Gasteiger partial charge in [0.2, 0.25) is 5.52 Å². The standard InChI is InChI=1S/C35H43N11O2/c1-2-29-40-42-46(41-29)28-19-27(31(47)32(28)48)45-22-37-30-33(36-20-26(23-11-5-3-6-12-23)24-13-7-4-8-14-24)38-35(39-34(30)45)44-18-15-25(21-44)43-16-9-10-17-43/h3-8,11-14,22,25-28,31-32,47-48H,2,9-10,15-21H2,1H3,(H,36,38,39)/p+1/t25-,27-,28+,31+,32-/m1/s1. The molecule has 3 fully saturated rings. The topological polar surface area (TPSA) is 148 Å². The van der Waals surface area contributed by atoms with Crippen molar-refractivity contribution in [1.82, 2.24) is 40.1 Å². The highest BCUT2D eigenvalue weighted by Gasteiger charge is 2.47. The van der Waals surface area contributed by atoms with Crippen molar-refractivity contribution in [3.8, 4) is 0 Å². The van der Waals surface area contributed by atoms with E-state index in [9.17, 15) is 10.2 Å². The number of hydrogen-bond acceptors (Lipinski definition) is 10. The Morgan fingerprint density at radius 3 is 2.38 bits per heavy atom. The van der Waals surface area contributed by atoms with Crippen molar-refractivity contribution in [2.45, 2.75) is 75.3 Å². The fraction of sp³-hybridized carbons (Fsp3) is 0.486. The number of H-pyrrole nitrogens is 1. The third kappa shape index (κ3) is 5.80. The molecular weight excluding hydrogens is 606 g/mol. The van der Waals surface area contributed by atoms with Crippen LogP contribution in [-0.4, -0.2) is 101 Å². The van der Waals surface area contributed by atoms with Crippen LogP contribution in [0.2, 0.25) is 0 Å². The number of anilines is 2. The monoisotopic (exact) mass is 650 g/mol. The summed E-state index contributed by atoms with van der Waals surface area (Å²) in [6, 6.07) is 20.6. The Balaban J connectivity index is 1.14. The van der Waals surface area contributed by atoms with Gasteiger partial charge in [0, 0.05) is 44.4 Å². The summed E-state index contributed by atoms with van der Waals surface area (Å²) in [4.78, 5) is 20.1. The number of benzene rings is 2. The molecule has 3 aromatic heterocycles. The summed E-state index contributed by atoms with van der Waals surface area (Å²) in [5.74, 6) is 2.09. The van der Waals surface area contributed by atoms with Gasteiger partial charge in [-0.25, -0.2) is 4.57 Å². The molecule has 2 aromatic carbocycles. The van der Waals surface area contributed by atoms with E-state index in [0.717, 1.165) is 38.1 Å². The lowest BCUT2D eigenvalue weighted by molar-refractivity contribution is -0.706. The first-order valence-electron chi connectivity index (χ1n) is 17.3. The molecule has 0 unspecified atom stereocenters. The van der Waals surface area contributed by atoms with Crippen LogP contribution in [0, 0.1) is 0 Å². The van der Waals surface area contributed by atoms with Gasteiger partial charge in [-0.15, -0.1) is 10.2 Å². The van der Waals surface area contributed by atoms with Gasteiger partial charge in [0.1, 0.15) is 24.3 Å². The molecule has 5 atom stereocenters. The predicted molar refractivity (Wildman–Crippen MR) is 181 cm³/mol. The first kappa shape index (κ1) is 30.8. The van der Waals surface area contributed by atoms with Crippen LogP contribution in [-0.2, 0) is 6.42 Å². The summed E-state index contributed by atoms with van der Waals surface area (Å²) in [6.45, 7) is 6.68. The molecule has 5 heterocycles. The summed E-state index contributed by atoms with van der Waals surface area (Å²) in [6.07, 6.45) is 4.42. The molecule has 0 bridgehead atoms. The number of aliphatic hydroxyl groups excluding tert-OH is 2. The molecule has 4 N–H and O–H groups in total. The number of likely N-dealkylation sites (tertiary alicyclic amines) is 1. The number of imidazole rings is 1. The Kier molecular flexibility index (Phi) is 8.49. The Hall–Kier alpha value is -4.46. The second-order valence-corrected chi connectivity index (χ2v) is 13.4. The van der Waals surface area contributed by atoms with Crippen LogP contribution in [0.5, 0.6) is 0 Å². The van der Waals surface area contributed by atoms with E-state index in [1.807, 2.05) is 30.0 Å². The first-order valence-corrected chi connectivity index (χ1v) is 17.3. The first-order chi connectivity index (χ1) is 23.6. The van der Waals surface area contributed by atoms with Gasteiger partial charge in [0.05, 0.1) is 0 Å². The zero-order valence-corrected chi connectivity index (χ0v) is 27.3. The molecule has 8 rings (SSSR count). The molecule has 1 aliphatic carbocycles. The number of fused-ring (bicyclic) bond motifs is 1. The molecule has 48 heavy (non-hydrogen) atoms. The van der Waals surface area contributed by atoms with Crippen LogP contribution in [0.3, 0.4) is 0 Å². The molecule has 3 aliphatic rings. The van der Waals surface area contributed by atoms with Crippen LogP contribution in [0.15, 0.2) is 67.0 Å². The van der Waals surface area contributed by atoms with Crippen molar-refractivity contribution in [1.29, 1.82) is 0 Å². The van der Waals surface area contributed by atoms with Crippen molar-refractivity contribution in [2.75, 3.05) is 42.9 Å². The van der Waals surface area contributed by atoms with Crippen LogP contribution < -0.4 is 14.8 Å². The number of aryl methyl sites for hydroxylation is 1. The number of aromatic amines is 1. The number of nitrogens with one attached hydrogen (secondary N) is 2. The molecule has 1 saturated carbocycles. The van der Waals surface area contributed by atoms with Crippen LogP contribution in [0.1, 0.15) is 67.6 Å². The Bertz CT molecular complexity index is 1780. The molecule has 2 aliphatic heterocycles. The highest BCUT2D eigenvalue weighted by Crippen LogP contribution is 2.36. The number of hydrogen-bond donors (Lipinski definition) is 4. The Labute approximate surface area is 279 Å². The van der Waals surface area contributed by atoms with Gasteiger partial charge in [-0.1, -0.05) is 72.6 Å². The third-order valence-electron chi connectivity index (χ3n) is 10.5. The number of aliphatic hydroxyl groups is 2. The molecule has 0 spiro atoms. The van der Waals surface area contributed by atoms with E-state index in [0.29, 0.717) is 48.7 Å². The van der Waals surface area contributed by atoms with Gasteiger partial charge < -0.3 is 20.4 Å². The minimum atomic E-state index is -1.05. The molecule has 13 nitrogen and oxygen atoms in total. The maximum absolute atomic E-state index is 11.4. The smallest absolute Gasteiger partial charge is 0.309 e. The fourth-order valence-electron chi connectivity index (χ4n) is 7.83. The maximum atomic E-state index is 11.4. The minimum absolute atomic E-state index is 0.102. The Morgan fingerprint density at radius 1 is 0.958 bits per heavy atom. The molecule has 13 heteroatoms. The van der Waals surface area contributed by atoms with Crippen LogP contribution in [0.25, 0.3) is 11.2 Å². The van der Waals surface area contributed by atoms with Gasteiger partial charge in [0.25, 0.3) is 0 Å². The lowest BCUT2D eigenvalue weighted by Crippen LogP contribution is -2.45. The largest absolute Gasteiger partial charge is 0.388 e. The number of nitrogens with zero attached hydrogens (tertiary/aromatic N) is 9. The van der Waals surface area contributed by atoms with Gasteiger partial charge in [-0.05, 0) is 48.7 Å². The van der Waals surface area contributed by atoms with E-state index in [1.165, 1.54) is 28.8 Å². The highest BCUT2D eigenvalue weighted by atomic mass is 16.3. The second kappa shape index (κ2) is 13.2. The number of rotatable bonds is 10. The second-order valence-electron chi connectivity index (χ2n) is 13.4. The van der Waals surface area contributed by atoms with Gasteiger partial charge in [0.15, 0.2) is 18.0 Å². The van der Waals surface area contributed by atoms with Crippen molar-refractivity contribution in [3.05, 3.63) is 83.9 Å². The zero-order valence-electron chi connectivity index (χ0n) is 27.3. The summed E-state index contributed by atoms with van der Waals surface area (Å²) in [5, 5.41) is 38.9. The van der Waals surface area contributed by atoms with Crippen molar-refractivity contribution >= 4 is 22.9 Å². The van der Waals surface area contributed by atoms with E-state index in [2.05, 4.69) is 84.0 Å². The predicted octanol–water partition coefficient (Wildman–Crippen LogP) is 2.62. The minimum Gasteiger partial charge on any atom is -0.388 e. The van der Waals surface area contributed by atoms with Crippen LogP contribution in [0.4, 0.5) is 11.8 Å². The lowest BCUT2D eigenvalue weighted by atomic mass is 9.91. The zero-order chi connectivity index (χ0) is 32.6. The highest BCUT2D eigenvalue weighted by molar-refractivity contribution is 5.82. The number of tetrazole rings is 1. The van der Waals surface area contributed by atoms with Gasteiger partial charge in [-0.2, -0.15) is 9.78 Å². The quantitative estimate of drug-likeness (QED) is 0.166. The lowest BCUT2D eigenvalue weighted by Gasteiger charge is -2.23. The summed E-state index contributed by atoms with van der Waals surface area (Å²) >= 11 is 0. The average molecular weight is 651 g/mol. The van der Waals surface area contributed by atoms with E-state index in [1.54, 1.807) is 0 Å². The van der Waals surface area contributed by atoms with Gasteiger partial charge in [-0.3, -0.25) is 9.88 Å². The molecule has 2 saturated heterocycles. The van der Waals surface area contributed by atoms with Crippen LogP contribution >= 0.6 is 0 Å². The normalized spacial score (nSPS) is 24.8. The molecule has 0 amide bonds. The molecule has 5 aromatic rings. The molecule has 0 radical (unpaired) electrons. The average Bonchev–Trinajstić information content (AvgIpc) is 3.97. The maximum Gasteiger partial charge on any atom is 0.309 e. The SMILES string of the molecule is CCc1nnn([C@H]2C[C@@H]([n+]3c[nH]c4c(NCC(c5ccccc5)c5ccccc5)nc(N5CC[C@@H](N6CCCC6)C5)nc43)[C@H](O)[C@@H]2O)n1. The van der Waals surface area contributed by atoms with E-state index >= 15 is 0 Å². The van der Waals surface area contributed by atoms with Gasteiger partial charge >= 0.3 is 11.6 Å². The van der Waals surface area contributed by atoms with E-state index < -0.39 is 24.3 Å².